The number of ether oxygens (including phenoxy) is 1. The molecule has 1 aromatic carbocycles. The van der Waals surface area contributed by atoms with Gasteiger partial charge in [-0.3, -0.25) is 14.6 Å². The molecule has 1 unspecified atom stereocenters. The van der Waals surface area contributed by atoms with E-state index in [1.165, 1.54) is 0 Å². The summed E-state index contributed by atoms with van der Waals surface area (Å²) >= 11 is 0. The van der Waals surface area contributed by atoms with E-state index in [9.17, 15) is 9.59 Å². The van der Waals surface area contributed by atoms with Crippen LogP contribution < -0.4 is 10.3 Å². The first kappa shape index (κ1) is 18.9. The molecule has 148 valence electrons. The molecule has 4 rings (SSSR count). The summed E-state index contributed by atoms with van der Waals surface area (Å²) in [7, 11) is 0. The largest absolute Gasteiger partial charge is 0.481 e. The Bertz CT molecular complexity index is 1050. The molecule has 1 aliphatic heterocycles. The van der Waals surface area contributed by atoms with Crippen LogP contribution in [0.2, 0.25) is 0 Å². The van der Waals surface area contributed by atoms with Crippen molar-refractivity contribution in [2.45, 2.75) is 32.4 Å². The lowest BCUT2D eigenvalue weighted by Crippen LogP contribution is -2.45. The SMILES string of the molecule is CCC(Oc1ccccc1)C(=O)N1CCc2c(nc(-c3ccccn3)[nH]c2=O)C1. The number of amides is 1. The van der Waals surface area contributed by atoms with Crippen LogP contribution in [0.15, 0.2) is 59.5 Å². The van der Waals surface area contributed by atoms with E-state index in [2.05, 4.69) is 15.0 Å². The second kappa shape index (κ2) is 8.26. The molecule has 0 bridgehead atoms. The Morgan fingerprint density at radius 1 is 1.21 bits per heavy atom. The van der Waals surface area contributed by atoms with Crippen molar-refractivity contribution in [2.24, 2.45) is 0 Å². The molecular weight excluding hydrogens is 368 g/mol. The lowest BCUT2D eigenvalue weighted by Gasteiger charge is -2.30. The maximum atomic E-state index is 13.1. The van der Waals surface area contributed by atoms with Crippen LogP contribution in [0.1, 0.15) is 24.6 Å². The number of pyridine rings is 1. The Hall–Kier alpha value is -3.48. The summed E-state index contributed by atoms with van der Waals surface area (Å²) in [5.74, 6) is 0.983. The summed E-state index contributed by atoms with van der Waals surface area (Å²) in [5, 5.41) is 0. The quantitative estimate of drug-likeness (QED) is 0.723. The fraction of sp³-hybridized carbons (Fsp3) is 0.273. The number of H-pyrrole nitrogens is 1. The highest BCUT2D eigenvalue weighted by atomic mass is 16.5. The van der Waals surface area contributed by atoms with Gasteiger partial charge in [0.2, 0.25) is 0 Å². The molecule has 1 N–H and O–H groups in total. The normalized spacial score (nSPS) is 14.2. The van der Waals surface area contributed by atoms with Crippen LogP contribution in [0.25, 0.3) is 11.5 Å². The lowest BCUT2D eigenvalue weighted by atomic mass is 10.1. The van der Waals surface area contributed by atoms with Gasteiger partial charge >= 0.3 is 0 Å². The smallest absolute Gasteiger partial charge is 0.263 e. The lowest BCUT2D eigenvalue weighted by molar-refractivity contribution is -0.139. The van der Waals surface area contributed by atoms with Crippen LogP contribution in [-0.4, -0.2) is 38.4 Å². The predicted molar refractivity (Wildman–Crippen MR) is 108 cm³/mol. The number of benzene rings is 1. The van der Waals surface area contributed by atoms with Gasteiger partial charge in [-0.05, 0) is 37.1 Å². The van der Waals surface area contributed by atoms with E-state index >= 15 is 0 Å². The summed E-state index contributed by atoms with van der Waals surface area (Å²) in [4.78, 5) is 38.9. The first-order valence-electron chi connectivity index (χ1n) is 9.69. The highest BCUT2D eigenvalue weighted by Crippen LogP contribution is 2.20. The van der Waals surface area contributed by atoms with Gasteiger partial charge in [0.25, 0.3) is 11.5 Å². The van der Waals surface area contributed by atoms with Crippen LogP contribution in [0.5, 0.6) is 5.75 Å². The minimum absolute atomic E-state index is 0.0940. The third kappa shape index (κ3) is 4.03. The Morgan fingerprint density at radius 2 is 2.00 bits per heavy atom. The molecule has 3 heterocycles. The highest BCUT2D eigenvalue weighted by Gasteiger charge is 2.29. The number of hydrogen-bond acceptors (Lipinski definition) is 5. The molecular formula is C22H22N4O3. The Morgan fingerprint density at radius 3 is 2.72 bits per heavy atom. The van der Waals surface area contributed by atoms with E-state index in [0.717, 1.165) is 0 Å². The van der Waals surface area contributed by atoms with E-state index in [4.69, 9.17) is 4.74 Å². The number of nitrogens with one attached hydrogen (secondary N) is 1. The second-order valence-electron chi connectivity index (χ2n) is 6.89. The number of aromatic amines is 1. The maximum Gasteiger partial charge on any atom is 0.263 e. The molecule has 29 heavy (non-hydrogen) atoms. The average Bonchev–Trinajstić information content (AvgIpc) is 2.78. The second-order valence-corrected chi connectivity index (χ2v) is 6.89. The van der Waals surface area contributed by atoms with E-state index in [1.807, 2.05) is 43.3 Å². The zero-order valence-electron chi connectivity index (χ0n) is 16.2. The van der Waals surface area contributed by atoms with Crippen molar-refractivity contribution in [3.8, 4) is 17.3 Å². The number of rotatable bonds is 5. The van der Waals surface area contributed by atoms with Crippen molar-refractivity contribution in [2.75, 3.05) is 6.54 Å². The summed E-state index contributed by atoms with van der Waals surface area (Å²) in [6, 6.07) is 14.8. The zero-order chi connectivity index (χ0) is 20.2. The zero-order valence-corrected chi connectivity index (χ0v) is 16.2. The van der Waals surface area contributed by atoms with Crippen LogP contribution in [0, 0.1) is 0 Å². The molecule has 1 aliphatic rings. The molecule has 1 atom stereocenters. The van der Waals surface area contributed by atoms with Crippen LogP contribution in [-0.2, 0) is 17.8 Å². The number of carbonyl (C=O) groups excluding carboxylic acids is 1. The number of para-hydroxylation sites is 1. The van der Waals surface area contributed by atoms with Gasteiger partial charge in [-0.1, -0.05) is 31.2 Å². The fourth-order valence-corrected chi connectivity index (χ4v) is 3.43. The van der Waals surface area contributed by atoms with Gasteiger partial charge in [-0.2, -0.15) is 0 Å². The van der Waals surface area contributed by atoms with E-state index in [1.54, 1.807) is 23.2 Å². The van der Waals surface area contributed by atoms with Crippen molar-refractivity contribution < 1.29 is 9.53 Å². The molecule has 2 aromatic heterocycles. The van der Waals surface area contributed by atoms with Gasteiger partial charge < -0.3 is 14.6 Å². The molecule has 0 spiro atoms. The van der Waals surface area contributed by atoms with Crippen molar-refractivity contribution >= 4 is 5.91 Å². The van der Waals surface area contributed by atoms with Crippen molar-refractivity contribution in [1.29, 1.82) is 0 Å². The van der Waals surface area contributed by atoms with Gasteiger partial charge in [0, 0.05) is 18.3 Å². The van der Waals surface area contributed by atoms with Gasteiger partial charge in [-0.25, -0.2) is 4.98 Å². The molecule has 7 heteroatoms. The third-order valence-corrected chi connectivity index (χ3v) is 4.96. The van der Waals surface area contributed by atoms with Crippen molar-refractivity contribution in [3.63, 3.8) is 0 Å². The molecule has 0 fully saturated rings. The molecule has 0 saturated carbocycles. The minimum Gasteiger partial charge on any atom is -0.481 e. The summed E-state index contributed by atoms with van der Waals surface area (Å²) in [5.41, 5.74) is 1.67. The monoisotopic (exact) mass is 390 g/mol. The molecule has 7 nitrogen and oxygen atoms in total. The average molecular weight is 390 g/mol. The highest BCUT2D eigenvalue weighted by molar-refractivity contribution is 5.81. The van der Waals surface area contributed by atoms with Crippen molar-refractivity contribution in [3.05, 3.63) is 76.3 Å². The number of carbonyl (C=O) groups is 1. The van der Waals surface area contributed by atoms with E-state index in [0.29, 0.717) is 47.9 Å². The summed E-state index contributed by atoms with van der Waals surface area (Å²) in [6.07, 6.45) is 2.10. The Balaban J connectivity index is 1.56. The molecule has 3 aromatic rings. The fourth-order valence-electron chi connectivity index (χ4n) is 3.43. The number of hydrogen-bond donors (Lipinski definition) is 1. The molecule has 1 amide bonds. The van der Waals surface area contributed by atoms with Gasteiger partial charge in [0.1, 0.15) is 11.4 Å². The Labute approximate surface area is 168 Å². The van der Waals surface area contributed by atoms with E-state index in [-0.39, 0.29) is 18.0 Å². The Kier molecular flexibility index (Phi) is 5.37. The van der Waals surface area contributed by atoms with E-state index < -0.39 is 6.10 Å². The van der Waals surface area contributed by atoms with Crippen LogP contribution >= 0.6 is 0 Å². The molecule has 0 radical (unpaired) electrons. The van der Waals surface area contributed by atoms with Gasteiger partial charge in [-0.15, -0.1) is 0 Å². The molecule has 0 saturated heterocycles. The number of aromatic nitrogens is 3. The van der Waals surface area contributed by atoms with Crippen LogP contribution in [0.4, 0.5) is 0 Å². The standard InChI is InChI=1S/C22H22N4O3/c1-2-19(29-15-8-4-3-5-9-15)22(28)26-13-11-16-18(14-26)24-20(25-21(16)27)17-10-6-7-12-23-17/h3-10,12,19H,2,11,13-14H2,1H3,(H,24,25,27). The first-order chi connectivity index (χ1) is 14.2. The van der Waals surface area contributed by atoms with Crippen LogP contribution in [0.3, 0.4) is 0 Å². The number of fused-ring (bicyclic) bond motifs is 1. The first-order valence-corrected chi connectivity index (χ1v) is 9.69. The summed E-state index contributed by atoms with van der Waals surface area (Å²) in [6.45, 7) is 2.67. The topological polar surface area (TPSA) is 88.2 Å². The predicted octanol–water partition coefficient (Wildman–Crippen LogP) is 2.57. The van der Waals surface area contributed by atoms with Gasteiger partial charge in [0.05, 0.1) is 12.2 Å². The minimum atomic E-state index is -0.573. The molecule has 0 aliphatic carbocycles. The maximum absolute atomic E-state index is 13.1. The third-order valence-electron chi connectivity index (χ3n) is 4.96. The van der Waals surface area contributed by atoms with Gasteiger partial charge in [0.15, 0.2) is 11.9 Å². The number of nitrogens with zero attached hydrogens (tertiary/aromatic N) is 3. The van der Waals surface area contributed by atoms with Crippen molar-refractivity contribution in [1.82, 2.24) is 19.9 Å². The summed E-state index contributed by atoms with van der Waals surface area (Å²) < 4.78 is 5.89.